The summed E-state index contributed by atoms with van der Waals surface area (Å²) in [5, 5.41) is 5.79. The van der Waals surface area contributed by atoms with Gasteiger partial charge in [-0.2, -0.15) is 0 Å². The predicted molar refractivity (Wildman–Crippen MR) is 122 cm³/mol. The lowest BCUT2D eigenvalue weighted by atomic mass is 10.2. The summed E-state index contributed by atoms with van der Waals surface area (Å²) in [6, 6.07) is 16.1. The Balaban J connectivity index is 1.30. The molecule has 3 aromatic rings. The smallest absolute Gasteiger partial charge is 0.231 e. The highest BCUT2D eigenvalue weighted by Crippen LogP contribution is 2.35. The van der Waals surface area contributed by atoms with Gasteiger partial charge in [-0.15, -0.1) is 11.3 Å². The number of para-hydroxylation sites is 1. The van der Waals surface area contributed by atoms with Gasteiger partial charge < -0.3 is 5.32 Å². The third kappa shape index (κ3) is 5.04. The second kappa shape index (κ2) is 8.94. The van der Waals surface area contributed by atoms with Gasteiger partial charge in [0, 0.05) is 22.6 Å². The van der Waals surface area contributed by atoms with E-state index in [0.717, 1.165) is 38.0 Å². The van der Waals surface area contributed by atoms with Gasteiger partial charge in [0.25, 0.3) is 0 Å². The van der Waals surface area contributed by atoms with Crippen LogP contribution in [0.1, 0.15) is 21.8 Å². The van der Waals surface area contributed by atoms with Crippen LogP contribution in [0.25, 0.3) is 0 Å². The number of fused-ring (bicyclic) bond motifs is 1. The fourth-order valence-corrected chi connectivity index (χ4v) is 5.55. The summed E-state index contributed by atoms with van der Waals surface area (Å²) >= 11 is 5.01. The standard InChI is InChI=1S/C21H19N3OS3/c1-14-6-8-16(9-7-14)22-19(25)10-20-23-17(12-26-20)13-28-21-24-18-5-3-2-4-15(18)11-27-21/h2-9,12H,10-11,13H2,1H3,(H,22,25). The monoisotopic (exact) mass is 425 g/mol. The van der Waals surface area contributed by atoms with Crippen LogP contribution in [0, 0.1) is 6.92 Å². The van der Waals surface area contributed by atoms with Gasteiger partial charge in [0.15, 0.2) is 0 Å². The number of carbonyl (C=O) groups excluding carboxylic acids is 1. The molecule has 1 amide bonds. The molecule has 2 aromatic carbocycles. The van der Waals surface area contributed by atoms with E-state index in [0.29, 0.717) is 6.42 Å². The van der Waals surface area contributed by atoms with E-state index in [1.807, 2.05) is 42.6 Å². The van der Waals surface area contributed by atoms with E-state index in [-0.39, 0.29) is 5.91 Å². The lowest BCUT2D eigenvalue weighted by Gasteiger charge is -2.13. The summed E-state index contributed by atoms with van der Waals surface area (Å²) in [6.45, 7) is 2.02. The number of thiazole rings is 1. The number of aromatic nitrogens is 1. The summed E-state index contributed by atoms with van der Waals surface area (Å²) in [4.78, 5) is 21.6. The van der Waals surface area contributed by atoms with Crippen LogP contribution in [-0.4, -0.2) is 15.3 Å². The molecule has 2 heterocycles. The number of nitrogens with zero attached hydrogens (tertiary/aromatic N) is 2. The molecule has 0 radical (unpaired) electrons. The Morgan fingerprint density at radius 1 is 1.18 bits per heavy atom. The third-order valence-corrected chi connectivity index (χ3v) is 7.32. The van der Waals surface area contributed by atoms with Gasteiger partial charge in [0.05, 0.1) is 17.8 Å². The molecule has 1 N–H and O–H groups in total. The SMILES string of the molecule is Cc1ccc(NC(=O)Cc2nc(CSC3=Nc4ccccc4CS3)cs2)cc1. The van der Waals surface area contributed by atoms with Gasteiger partial charge in [-0.1, -0.05) is 59.4 Å². The van der Waals surface area contributed by atoms with E-state index >= 15 is 0 Å². The lowest BCUT2D eigenvalue weighted by Crippen LogP contribution is -2.14. The number of anilines is 1. The first-order valence-electron chi connectivity index (χ1n) is 8.88. The van der Waals surface area contributed by atoms with E-state index in [4.69, 9.17) is 4.99 Å². The van der Waals surface area contributed by atoms with Gasteiger partial charge in [0.2, 0.25) is 5.91 Å². The highest BCUT2D eigenvalue weighted by Gasteiger charge is 2.14. The average Bonchev–Trinajstić information content (AvgIpc) is 3.15. The molecule has 4 nitrogen and oxygen atoms in total. The minimum atomic E-state index is -0.0405. The van der Waals surface area contributed by atoms with Crippen LogP contribution in [0.4, 0.5) is 11.4 Å². The number of aliphatic imine (C=N–C) groups is 1. The molecule has 1 aromatic heterocycles. The number of amides is 1. The van der Waals surface area contributed by atoms with Crippen molar-refractivity contribution in [3.05, 3.63) is 75.7 Å². The number of hydrogen-bond donors (Lipinski definition) is 1. The Hall–Kier alpha value is -2.09. The number of rotatable bonds is 5. The Kier molecular flexibility index (Phi) is 6.14. The lowest BCUT2D eigenvalue weighted by molar-refractivity contribution is -0.115. The van der Waals surface area contributed by atoms with Gasteiger partial charge >= 0.3 is 0 Å². The van der Waals surface area contributed by atoms with Crippen LogP contribution in [-0.2, 0) is 22.7 Å². The average molecular weight is 426 g/mol. The Morgan fingerprint density at radius 3 is 2.86 bits per heavy atom. The molecule has 1 aliphatic rings. The third-order valence-electron chi connectivity index (χ3n) is 4.14. The molecule has 0 saturated carbocycles. The molecule has 0 fully saturated rings. The van der Waals surface area contributed by atoms with Crippen molar-refractivity contribution in [2.45, 2.75) is 24.9 Å². The molecule has 0 unspecified atom stereocenters. The van der Waals surface area contributed by atoms with Crippen LogP contribution in [0.5, 0.6) is 0 Å². The van der Waals surface area contributed by atoms with Gasteiger partial charge in [-0.25, -0.2) is 9.98 Å². The van der Waals surface area contributed by atoms with Crippen LogP contribution < -0.4 is 5.32 Å². The van der Waals surface area contributed by atoms with E-state index in [9.17, 15) is 4.79 Å². The molecule has 28 heavy (non-hydrogen) atoms. The summed E-state index contributed by atoms with van der Waals surface area (Å²) in [6.07, 6.45) is 0.298. The molecule has 0 aliphatic carbocycles. The molecule has 4 rings (SSSR count). The second-order valence-electron chi connectivity index (χ2n) is 6.41. The topological polar surface area (TPSA) is 54.4 Å². The fourth-order valence-electron chi connectivity index (χ4n) is 2.70. The van der Waals surface area contributed by atoms with Crippen molar-refractivity contribution in [3.8, 4) is 0 Å². The molecular formula is C21H19N3OS3. The number of nitrogens with one attached hydrogen (secondary N) is 1. The molecule has 142 valence electrons. The van der Waals surface area contributed by atoms with Crippen molar-refractivity contribution in [1.29, 1.82) is 0 Å². The normalized spacial score (nSPS) is 13.0. The number of aryl methyl sites for hydroxylation is 1. The van der Waals surface area contributed by atoms with Crippen molar-refractivity contribution < 1.29 is 4.79 Å². The minimum Gasteiger partial charge on any atom is -0.326 e. The molecule has 7 heteroatoms. The molecule has 0 atom stereocenters. The van der Waals surface area contributed by atoms with E-state index in [2.05, 4.69) is 28.5 Å². The largest absolute Gasteiger partial charge is 0.326 e. The highest BCUT2D eigenvalue weighted by atomic mass is 32.2. The van der Waals surface area contributed by atoms with Gasteiger partial charge in [-0.3, -0.25) is 4.79 Å². The summed E-state index contributed by atoms with van der Waals surface area (Å²) in [7, 11) is 0. The summed E-state index contributed by atoms with van der Waals surface area (Å²) < 4.78 is 1.07. The highest BCUT2D eigenvalue weighted by molar-refractivity contribution is 8.38. The molecular weight excluding hydrogens is 406 g/mol. The van der Waals surface area contributed by atoms with E-state index in [1.165, 1.54) is 22.5 Å². The van der Waals surface area contributed by atoms with Crippen molar-refractivity contribution in [3.63, 3.8) is 0 Å². The predicted octanol–water partition coefficient (Wildman–Crippen LogP) is 5.80. The van der Waals surface area contributed by atoms with Gasteiger partial charge in [0.1, 0.15) is 9.38 Å². The summed E-state index contributed by atoms with van der Waals surface area (Å²) in [5.74, 6) is 1.69. The number of benzene rings is 2. The first kappa shape index (κ1) is 19.2. The maximum atomic E-state index is 12.2. The fraction of sp³-hybridized carbons (Fsp3) is 0.190. The Bertz CT molecular complexity index is 1010. The van der Waals surface area contributed by atoms with Crippen molar-refractivity contribution in [1.82, 2.24) is 4.98 Å². The zero-order valence-electron chi connectivity index (χ0n) is 15.3. The molecule has 0 spiro atoms. The molecule has 0 bridgehead atoms. The summed E-state index contributed by atoms with van der Waals surface area (Å²) in [5.41, 5.74) is 5.33. The second-order valence-corrected chi connectivity index (χ2v) is 9.54. The Labute approximate surface area is 176 Å². The zero-order chi connectivity index (χ0) is 19.3. The first-order valence-corrected chi connectivity index (χ1v) is 11.7. The van der Waals surface area contributed by atoms with Crippen LogP contribution in [0.15, 0.2) is 58.9 Å². The molecule has 0 saturated heterocycles. The van der Waals surface area contributed by atoms with Crippen LogP contribution in [0.2, 0.25) is 0 Å². The Morgan fingerprint density at radius 2 is 2.00 bits per heavy atom. The number of thioether (sulfide) groups is 2. The minimum absolute atomic E-state index is 0.0405. The number of carbonyl (C=O) groups is 1. The maximum absolute atomic E-state index is 12.2. The van der Waals surface area contributed by atoms with E-state index < -0.39 is 0 Å². The maximum Gasteiger partial charge on any atom is 0.231 e. The van der Waals surface area contributed by atoms with Crippen molar-refractivity contribution in [2.24, 2.45) is 4.99 Å². The van der Waals surface area contributed by atoms with Crippen molar-refractivity contribution >= 4 is 56.5 Å². The number of hydrogen-bond acceptors (Lipinski definition) is 6. The van der Waals surface area contributed by atoms with Crippen LogP contribution >= 0.6 is 34.9 Å². The van der Waals surface area contributed by atoms with E-state index in [1.54, 1.807) is 23.5 Å². The first-order chi connectivity index (χ1) is 13.7. The van der Waals surface area contributed by atoms with Crippen molar-refractivity contribution in [2.75, 3.05) is 5.32 Å². The van der Waals surface area contributed by atoms with Gasteiger partial charge in [-0.05, 0) is 30.7 Å². The molecule has 1 aliphatic heterocycles. The quantitative estimate of drug-likeness (QED) is 0.561. The zero-order valence-corrected chi connectivity index (χ0v) is 17.8. The van der Waals surface area contributed by atoms with Crippen LogP contribution in [0.3, 0.4) is 0 Å².